The monoisotopic (exact) mass is 156 g/mol. The molecule has 64 valence electrons. The molecule has 0 radical (unpaired) electrons. The molecule has 2 heterocycles. The Morgan fingerprint density at radius 3 is 2.55 bits per heavy atom. The number of nitrogens with two attached hydrogens (primary N) is 1. The summed E-state index contributed by atoms with van der Waals surface area (Å²) in [6.07, 6.45) is 1.20. The van der Waals surface area contributed by atoms with Gasteiger partial charge in [-0.15, -0.1) is 0 Å². The Hall–Kier alpha value is -0.120. The fourth-order valence-electron chi connectivity index (χ4n) is 1.76. The lowest BCUT2D eigenvalue weighted by Crippen LogP contribution is -2.59. The van der Waals surface area contributed by atoms with Crippen LogP contribution >= 0.6 is 0 Å². The van der Waals surface area contributed by atoms with Gasteiger partial charge in [-0.25, -0.2) is 0 Å². The lowest BCUT2D eigenvalue weighted by Gasteiger charge is -2.47. The largest absolute Gasteiger partial charge is 0.378 e. The standard InChI is InChI=1S/C8H16N2O/c9-2-1-7-3-10(4-7)8-5-11-6-8/h7-8H,1-6,9H2. The first kappa shape index (κ1) is 7.53. The number of likely N-dealkylation sites (tertiary alicyclic amines) is 1. The second-order valence-electron chi connectivity index (χ2n) is 3.59. The van der Waals surface area contributed by atoms with E-state index in [1.165, 1.54) is 19.5 Å². The number of ether oxygens (including phenoxy) is 1. The molecule has 0 spiro atoms. The maximum atomic E-state index is 5.46. The molecule has 0 aromatic heterocycles. The van der Waals surface area contributed by atoms with E-state index < -0.39 is 0 Å². The van der Waals surface area contributed by atoms with E-state index in [1.54, 1.807) is 0 Å². The van der Waals surface area contributed by atoms with E-state index in [4.69, 9.17) is 10.5 Å². The smallest absolute Gasteiger partial charge is 0.0645 e. The van der Waals surface area contributed by atoms with Gasteiger partial charge in [0.15, 0.2) is 0 Å². The highest BCUT2D eigenvalue weighted by molar-refractivity contribution is 4.88. The van der Waals surface area contributed by atoms with Gasteiger partial charge >= 0.3 is 0 Å². The van der Waals surface area contributed by atoms with Crippen molar-refractivity contribution in [3.05, 3.63) is 0 Å². The van der Waals surface area contributed by atoms with E-state index in [-0.39, 0.29) is 0 Å². The van der Waals surface area contributed by atoms with Gasteiger partial charge in [0.2, 0.25) is 0 Å². The molecule has 2 aliphatic heterocycles. The number of rotatable bonds is 3. The molecule has 0 aromatic rings. The van der Waals surface area contributed by atoms with Gasteiger partial charge < -0.3 is 10.5 Å². The average Bonchev–Trinajstić information content (AvgIpc) is 1.79. The third kappa shape index (κ3) is 1.41. The van der Waals surface area contributed by atoms with Crippen molar-refractivity contribution in [3.63, 3.8) is 0 Å². The number of hydrogen-bond donors (Lipinski definition) is 1. The van der Waals surface area contributed by atoms with Crippen molar-refractivity contribution < 1.29 is 4.74 Å². The first-order valence-electron chi connectivity index (χ1n) is 4.42. The van der Waals surface area contributed by atoms with E-state index in [0.29, 0.717) is 0 Å². The van der Waals surface area contributed by atoms with Crippen LogP contribution in [0.1, 0.15) is 6.42 Å². The van der Waals surface area contributed by atoms with Crippen molar-refractivity contribution in [1.82, 2.24) is 4.90 Å². The van der Waals surface area contributed by atoms with Crippen LogP contribution in [0.15, 0.2) is 0 Å². The molecule has 2 rings (SSSR count). The Morgan fingerprint density at radius 2 is 2.09 bits per heavy atom. The highest BCUT2D eigenvalue weighted by atomic mass is 16.5. The third-order valence-electron chi connectivity index (χ3n) is 2.70. The van der Waals surface area contributed by atoms with Gasteiger partial charge in [-0.05, 0) is 18.9 Å². The predicted molar refractivity (Wildman–Crippen MR) is 43.3 cm³/mol. The lowest BCUT2D eigenvalue weighted by molar-refractivity contribution is -0.102. The van der Waals surface area contributed by atoms with Crippen LogP contribution in [0.2, 0.25) is 0 Å². The summed E-state index contributed by atoms with van der Waals surface area (Å²) in [7, 11) is 0. The predicted octanol–water partition coefficient (Wildman–Crippen LogP) is -0.334. The van der Waals surface area contributed by atoms with Crippen LogP contribution in [0.5, 0.6) is 0 Å². The molecule has 0 aromatic carbocycles. The number of nitrogens with zero attached hydrogens (tertiary/aromatic N) is 1. The average molecular weight is 156 g/mol. The minimum Gasteiger partial charge on any atom is -0.378 e. The molecule has 0 atom stereocenters. The van der Waals surface area contributed by atoms with E-state index in [0.717, 1.165) is 31.7 Å². The summed E-state index contributed by atoms with van der Waals surface area (Å²) in [5, 5.41) is 0. The molecular weight excluding hydrogens is 140 g/mol. The van der Waals surface area contributed by atoms with E-state index >= 15 is 0 Å². The van der Waals surface area contributed by atoms with Gasteiger partial charge in [0, 0.05) is 13.1 Å². The first-order chi connectivity index (χ1) is 5.40. The Labute approximate surface area is 67.5 Å². The summed E-state index contributed by atoms with van der Waals surface area (Å²) in [6, 6.07) is 0.740. The van der Waals surface area contributed by atoms with Crippen LogP contribution in [0.25, 0.3) is 0 Å². The molecule has 3 nitrogen and oxygen atoms in total. The highest BCUT2D eigenvalue weighted by Crippen LogP contribution is 2.23. The summed E-state index contributed by atoms with van der Waals surface area (Å²) in [6.45, 7) is 5.26. The molecule has 0 saturated carbocycles. The van der Waals surface area contributed by atoms with E-state index in [1.807, 2.05) is 0 Å². The summed E-state index contributed by atoms with van der Waals surface area (Å²) in [4.78, 5) is 2.50. The van der Waals surface area contributed by atoms with Crippen molar-refractivity contribution >= 4 is 0 Å². The van der Waals surface area contributed by atoms with Crippen molar-refractivity contribution in [3.8, 4) is 0 Å². The molecule has 3 heteroatoms. The molecule has 0 unspecified atom stereocenters. The molecular formula is C8H16N2O. The van der Waals surface area contributed by atoms with Gasteiger partial charge in [0.25, 0.3) is 0 Å². The van der Waals surface area contributed by atoms with Crippen LogP contribution in [0.3, 0.4) is 0 Å². The van der Waals surface area contributed by atoms with Crippen LogP contribution in [0.4, 0.5) is 0 Å². The Balaban J connectivity index is 1.63. The van der Waals surface area contributed by atoms with Crippen molar-refractivity contribution in [2.75, 3.05) is 32.8 Å². The van der Waals surface area contributed by atoms with Gasteiger partial charge in [-0.3, -0.25) is 4.90 Å². The normalized spacial score (nSPS) is 28.1. The maximum absolute atomic E-state index is 5.46. The fourth-order valence-corrected chi connectivity index (χ4v) is 1.76. The van der Waals surface area contributed by atoms with Crippen molar-refractivity contribution in [2.24, 2.45) is 11.7 Å². The van der Waals surface area contributed by atoms with Gasteiger partial charge in [0.1, 0.15) is 0 Å². The highest BCUT2D eigenvalue weighted by Gasteiger charge is 2.35. The van der Waals surface area contributed by atoms with E-state index in [9.17, 15) is 0 Å². The number of hydrogen-bond acceptors (Lipinski definition) is 3. The Bertz CT molecular complexity index is 130. The first-order valence-corrected chi connectivity index (χ1v) is 4.42. The topological polar surface area (TPSA) is 38.5 Å². The minimum atomic E-state index is 0.740. The summed E-state index contributed by atoms with van der Waals surface area (Å²) >= 11 is 0. The molecule has 2 saturated heterocycles. The fraction of sp³-hybridized carbons (Fsp3) is 1.00. The second-order valence-corrected chi connectivity index (χ2v) is 3.59. The molecule has 0 bridgehead atoms. The van der Waals surface area contributed by atoms with Crippen molar-refractivity contribution in [1.29, 1.82) is 0 Å². The quantitative estimate of drug-likeness (QED) is 0.608. The van der Waals surface area contributed by atoms with Gasteiger partial charge in [-0.2, -0.15) is 0 Å². The van der Waals surface area contributed by atoms with Gasteiger partial charge in [0.05, 0.1) is 19.3 Å². The van der Waals surface area contributed by atoms with Crippen LogP contribution in [0, 0.1) is 5.92 Å². The lowest BCUT2D eigenvalue weighted by atomic mass is 9.94. The summed E-state index contributed by atoms with van der Waals surface area (Å²) in [5.41, 5.74) is 5.46. The molecule has 0 aliphatic carbocycles. The second kappa shape index (κ2) is 3.09. The van der Waals surface area contributed by atoms with E-state index in [2.05, 4.69) is 4.90 Å². The summed E-state index contributed by atoms with van der Waals surface area (Å²) < 4.78 is 5.12. The zero-order valence-corrected chi connectivity index (χ0v) is 6.83. The van der Waals surface area contributed by atoms with Crippen LogP contribution in [-0.2, 0) is 4.74 Å². The zero-order valence-electron chi connectivity index (χ0n) is 6.83. The van der Waals surface area contributed by atoms with Gasteiger partial charge in [-0.1, -0.05) is 0 Å². The molecule has 2 fully saturated rings. The molecule has 0 amide bonds. The summed E-state index contributed by atoms with van der Waals surface area (Å²) in [5.74, 6) is 0.876. The Morgan fingerprint density at radius 1 is 1.36 bits per heavy atom. The van der Waals surface area contributed by atoms with Crippen molar-refractivity contribution in [2.45, 2.75) is 12.5 Å². The van der Waals surface area contributed by atoms with Crippen LogP contribution < -0.4 is 5.73 Å². The minimum absolute atomic E-state index is 0.740. The maximum Gasteiger partial charge on any atom is 0.0645 e. The molecule has 2 N–H and O–H groups in total. The Kier molecular flexibility index (Phi) is 2.11. The molecule has 2 aliphatic rings. The zero-order chi connectivity index (χ0) is 7.68. The SMILES string of the molecule is NCCC1CN(C2COC2)C1. The third-order valence-corrected chi connectivity index (χ3v) is 2.70. The van der Waals surface area contributed by atoms with Crippen LogP contribution in [-0.4, -0.2) is 43.8 Å². The molecule has 11 heavy (non-hydrogen) atoms.